The normalized spacial score (nSPS) is 10.6. The van der Waals surface area contributed by atoms with Crippen molar-refractivity contribution in [3.05, 3.63) is 59.7 Å². The first-order valence-corrected chi connectivity index (χ1v) is 6.54. The molecule has 0 unspecified atom stereocenters. The van der Waals surface area contributed by atoms with Crippen LogP contribution in [0, 0.1) is 6.92 Å². The van der Waals surface area contributed by atoms with Crippen molar-refractivity contribution in [3.8, 4) is 11.1 Å². The lowest BCUT2D eigenvalue weighted by atomic mass is 9.97. The highest BCUT2D eigenvalue weighted by molar-refractivity contribution is 5.68. The van der Waals surface area contributed by atoms with Gasteiger partial charge in [0.05, 0.1) is 6.61 Å². The Bertz CT molecular complexity index is 488. The first-order chi connectivity index (χ1) is 8.83. The third kappa shape index (κ3) is 2.99. The minimum Gasteiger partial charge on any atom is -0.377 e. The van der Waals surface area contributed by atoms with Crippen molar-refractivity contribution in [3.63, 3.8) is 0 Å². The Labute approximate surface area is 109 Å². The molecule has 18 heavy (non-hydrogen) atoms. The Hall–Kier alpha value is -1.60. The maximum absolute atomic E-state index is 5.64. The van der Waals surface area contributed by atoms with E-state index in [1.165, 1.54) is 22.3 Å². The molecule has 0 radical (unpaired) electrons. The molecule has 2 rings (SSSR count). The van der Waals surface area contributed by atoms with E-state index < -0.39 is 0 Å². The van der Waals surface area contributed by atoms with E-state index in [0.29, 0.717) is 6.61 Å². The van der Waals surface area contributed by atoms with Crippen LogP contribution in [0.15, 0.2) is 48.5 Å². The van der Waals surface area contributed by atoms with Crippen LogP contribution in [0.3, 0.4) is 0 Å². The fourth-order valence-electron chi connectivity index (χ4n) is 2.10. The summed E-state index contributed by atoms with van der Waals surface area (Å²) in [6.07, 6.45) is 1.07. The summed E-state index contributed by atoms with van der Waals surface area (Å²) in [6, 6.07) is 16.9. The topological polar surface area (TPSA) is 9.23 Å². The van der Waals surface area contributed by atoms with Crippen LogP contribution in [-0.2, 0) is 11.3 Å². The van der Waals surface area contributed by atoms with E-state index in [1.807, 2.05) is 6.07 Å². The van der Waals surface area contributed by atoms with E-state index >= 15 is 0 Å². The molecular weight excluding hydrogens is 220 g/mol. The Balaban J connectivity index is 2.25. The van der Waals surface area contributed by atoms with Gasteiger partial charge in [0.15, 0.2) is 0 Å². The molecule has 0 N–H and O–H groups in total. The van der Waals surface area contributed by atoms with Crippen molar-refractivity contribution in [2.24, 2.45) is 0 Å². The molecule has 0 atom stereocenters. The summed E-state index contributed by atoms with van der Waals surface area (Å²) < 4.78 is 5.64. The second-order valence-corrected chi connectivity index (χ2v) is 4.51. The van der Waals surface area contributed by atoms with Gasteiger partial charge in [-0.1, -0.05) is 55.5 Å². The molecule has 0 heterocycles. The average molecular weight is 240 g/mol. The van der Waals surface area contributed by atoms with Gasteiger partial charge in [0.25, 0.3) is 0 Å². The van der Waals surface area contributed by atoms with E-state index in [9.17, 15) is 0 Å². The molecule has 2 aromatic rings. The predicted molar refractivity (Wildman–Crippen MR) is 76.6 cm³/mol. The fourth-order valence-corrected chi connectivity index (χ4v) is 2.10. The molecule has 0 aliphatic heterocycles. The van der Waals surface area contributed by atoms with Crippen molar-refractivity contribution >= 4 is 0 Å². The standard InChI is InChI=1S/C17H20O/c1-3-12-18-13-16-10-7-11-17(14(16)2)15-8-5-4-6-9-15/h4-11H,3,12-13H2,1-2H3. The molecule has 94 valence electrons. The zero-order valence-corrected chi connectivity index (χ0v) is 11.1. The molecule has 0 spiro atoms. The maximum atomic E-state index is 5.64. The van der Waals surface area contributed by atoms with E-state index in [1.54, 1.807) is 0 Å². The quantitative estimate of drug-likeness (QED) is 0.695. The van der Waals surface area contributed by atoms with E-state index in [4.69, 9.17) is 4.74 Å². The van der Waals surface area contributed by atoms with Crippen LogP contribution >= 0.6 is 0 Å². The fraction of sp³-hybridized carbons (Fsp3) is 0.294. The molecule has 2 aromatic carbocycles. The number of hydrogen-bond donors (Lipinski definition) is 0. The molecule has 1 heteroatoms. The minimum absolute atomic E-state index is 0.709. The van der Waals surface area contributed by atoms with Crippen molar-refractivity contribution in [2.75, 3.05) is 6.61 Å². The molecular formula is C17H20O. The van der Waals surface area contributed by atoms with Gasteiger partial charge in [0.2, 0.25) is 0 Å². The van der Waals surface area contributed by atoms with Gasteiger partial charge in [-0.3, -0.25) is 0 Å². The Kier molecular flexibility index (Phi) is 4.54. The average Bonchev–Trinajstić information content (AvgIpc) is 2.42. The lowest BCUT2D eigenvalue weighted by Gasteiger charge is -2.11. The zero-order valence-electron chi connectivity index (χ0n) is 11.1. The lowest BCUT2D eigenvalue weighted by molar-refractivity contribution is 0.121. The second-order valence-electron chi connectivity index (χ2n) is 4.51. The van der Waals surface area contributed by atoms with Crippen molar-refractivity contribution in [1.29, 1.82) is 0 Å². The number of benzene rings is 2. The Morgan fingerprint density at radius 2 is 1.72 bits per heavy atom. The van der Waals surface area contributed by atoms with E-state index in [2.05, 4.69) is 56.3 Å². The third-order valence-electron chi connectivity index (χ3n) is 3.14. The highest BCUT2D eigenvalue weighted by Crippen LogP contribution is 2.25. The largest absolute Gasteiger partial charge is 0.377 e. The van der Waals surface area contributed by atoms with Crippen molar-refractivity contribution < 1.29 is 4.74 Å². The molecule has 1 nitrogen and oxygen atoms in total. The number of ether oxygens (including phenoxy) is 1. The zero-order chi connectivity index (χ0) is 12.8. The van der Waals surface area contributed by atoms with Gasteiger partial charge in [-0.25, -0.2) is 0 Å². The van der Waals surface area contributed by atoms with Crippen molar-refractivity contribution in [1.82, 2.24) is 0 Å². The first kappa shape index (κ1) is 12.8. The second kappa shape index (κ2) is 6.36. The van der Waals surface area contributed by atoms with Crippen LogP contribution in [-0.4, -0.2) is 6.61 Å². The molecule has 0 aliphatic carbocycles. The smallest absolute Gasteiger partial charge is 0.0719 e. The van der Waals surface area contributed by atoms with Gasteiger partial charge in [0.1, 0.15) is 0 Å². The summed E-state index contributed by atoms with van der Waals surface area (Å²) in [5.74, 6) is 0. The molecule has 0 fully saturated rings. The molecule has 0 saturated carbocycles. The van der Waals surface area contributed by atoms with Crippen LogP contribution in [0.5, 0.6) is 0 Å². The summed E-state index contributed by atoms with van der Waals surface area (Å²) >= 11 is 0. The van der Waals surface area contributed by atoms with Gasteiger partial charge >= 0.3 is 0 Å². The monoisotopic (exact) mass is 240 g/mol. The van der Waals surface area contributed by atoms with Crippen LogP contribution in [0.2, 0.25) is 0 Å². The van der Waals surface area contributed by atoms with Crippen LogP contribution in [0.25, 0.3) is 11.1 Å². The third-order valence-corrected chi connectivity index (χ3v) is 3.14. The molecule has 0 aromatic heterocycles. The molecule has 0 aliphatic rings. The number of rotatable bonds is 5. The highest BCUT2D eigenvalue weighted by atomic mass is 16.5. The summed E-state index contributed by atoms with van der Waals surface area (Å²) in [5, 5.41) is 0. The van der Waals surface area contributed by atoms with E-state index in [-0.39, 0.29) is 0 Å². The minimum atomic E-state index is 0.709. The van der Waals surface area contributed by atoms with Crippen LogP contribution in [0.4, 0.5) is 0 Å². The van der Waals surface area contributed by atoms with Gasteiger partial charge in [0, 0.05) is 6.61 Å². The predicted octanol–water partition coefficient (Wildman–Crippen LogP) is 4.59. The Morgan fingerprint density at radius 1 is 0.944 bits per heavy atom. The summed E-state index contributed by atoms with van der Waals surface area (Å²) in [5.41, 5.74) is 5.17. The number of hydrogen-bond acceptors (Lipinski definition) is 1. The SMILES string of the molecule is CCCOCc1cccc(-c2ccccc2)c1C. The molecule has 0 amide bonds. The summed E-state index contributed by atoms with van der Waals surface area (Å²) in [7, 11) is 0. The molecule has 0 saturated heterocycles. The van der Waals surface area contributed by atoms with Crippen LogP contribution in [0.1, 0.15) is 24.5 Å². The Morgan fingerprint density at radius 3 is 2.44 bits per heavy atom. The first-order valence-electron chi connectivity index (χ1n) is 6.54. The summed E-state index contributed by atoms with van der Waals surface area (Å²) in [6.45, 7) is 5.84. The summed E-state index contributed by atoms with van der Waals surface area (Å²) in [4.78, 5) is 0. The van der Waals surface area contributed by atoms with Crippen molar-refractivity contribution in [2.45, 2.75) is 26.9 Å². The van der Waals surface area contributed by atoms with Gasteiger partial charge in [-0.2, -0.15) is 0 Å². The van der Waals surface area contributed by atoms with E-state index in [0.717, 1.165) is 13.0 Å². The highest BCUT2D eigenvalue weighted by Gasteiger charge is 2.05. The molecule has 0 bridgehead atoms. The van der Waals surface area contributed by atoms with Crippen LogP contribution < -0.4 is 0 Å². The maximum Gasteiger partial charge on any atom is 0.0719 e. The van der Waals surface area contributed by atoms with Gasteiger partial charge in [-0.15, -0.1) is 0 Å². The lowest BCUT2D eigenvalue weighted by Crippen LogP contribution is -1.97. The van der Waals surface area contributed by atoms with Gasteiger partial charge < -0.3 is 4.74 Å². The van der Waals surface area contributed by atoms with Gasteiger partial charge in [-0.05, 0) is 35.6 Å².